The Bertz CT molecular complexity index is 1740. The Labute approximate surface area is 239 Å². The highest BCUT2D eigenvalue weighted by Crippen LogP contribution is 2.49. The molecule has 0 radical (unpaired) electrons. The molecular formula is C30H28N6O4S. The van der Waals surface area contributed by atoms with Gasteiger partial charge in [0.05, 0.1) is 33.5 Å². The smallest absolute Gasteiger partial charge is 0.262 e. The number of aliphatic hydroxyl groups is 1. The maximum Gasteiger partial charge on any atom is 0.262 e. The SMILES string of the molecule is C=CC(=O)N1C[C@@H](O)[C@@H](NC(=O)c2sc3c(N)ccc4c3c2C(N)C(=O)C4(N)c2ccnc(-c3ccccc3)c2)C1. The van der Waals surface area contributed by atoms with Gasteiger partial charge in [-0.15, -0.1) is 11.3 Å². The third-order valence-electron chi connectivity index (χ3n) is 7.90. The number of carbonyl (C=O) groups is 3. The zero-order valence-electron chi connectivity index (χ0n) is 21.9. The first-order chi connectivity index (χ1) is 19.6. The molecule has 41 heavy (non-hydrogen) atoms. The van der Waals surface area contributed by atoms with Crippen molar-refractivity contribution in [2.75, 3.05) is 18.8 Å². The van der Waals surface area contributed by atoms with Crippen molar-refractivity contribution in [1.29, 1.82) is 0 Å². The number of anilines is 1. The molecule has 4 aromatic rings. The summed E-state index contributed by atoms with van der Waals surface area (Å²) >= 11 is 1.12. The lowest BCUT2D eigenvalue weighted by atomic mass is 9.70. The molecule has 6 rings (SSSR count). The van der Waals surface area contributed by atoms with E-state index in [9.17, 15) is 19.5 Å². The molecule has 2 aliphatic rings. The number of hydrogen-bond acceptors (Lipinski definition) is 9. The van der Waals surface area contributed by atoms with E-state index in [0.717, 1.165) is 23.0 Å². The van der Waals surface area contributed by atoms with Crippen molar-refractivity contribution in [2.24, 2.45) is 11.5 Å². The molecule has 1 aliphatic heterocycles. The summed E-state index contributed by atoms with van der Waals surface area (Å²) < 4.78 is 0.591. The number of likely N-dealkylation sites (tertiary alicyclic amines) is 1. The average Bonchev–Trinajstić information content (AvgIpc) is 3.57. The predicted molar refractivity (Wildman–Crippen MR) is 157 cm³/mol. The van der Waals surface area contributed by atoms with Crippen LogP contribution in [0.4, 0.5) is 5.69 Å². The molecule has 1 saturated heterocycles. The van der Waals surface area contributed by atoms with Crippen molar-refractivity contribution in [2.45, 2.75) is 23.7 Å². The standard InChI is InChI=1S/C30H28N6O4S/c1-2-22(38)36-13-20(21(37)14-36)35-29(40)27-24-23-17(8-9-18(31)26(23)41-27)30(33,28(39)25(24)32)16-10-11-34-19(12-16)15-6-4-3-5-7-15/h2-12,20-21,25,37H,1,13-14,31-33H2,(H,35,40)/t20-,21+,25?,30?/m0/s1. The van der Waals surface area contributed by atoms with Crippen molar-refractivity contribution in [1.82, 2.24) is 15.2 Å². The van der Waals surface area contributed by atoms with Crippen LogP contribution in [0.25, 0.3) is 21.3 Å². The van der Waals surface area contributed by atoms with Crippen molar-refractivity contribution in [3.63, 3.8) is 0 Å². The first-order valence-electron chi connectivity index (χ1n) is 13.0. The number of nitrogens with two attached hydrogens (primary N) is 3. The summed E-state index contributed by atoms with van der Waals surface area (Å²) in [6.07, 6.45) is 1.80. The maximum atomic E-state index is 14.1. The summed E-state index contributed by atoms with van der Waals surface area (Å²) in [4.78, 5) is 45.8. The number of rotatable bonds is 5. The van der Waals surface area contributed by atoms with Crippen LogP contribution in [-0.4, -0.2) is 57.8 Å². The molecule has 1 fully saturated rings. The van der Waals surface area contributed by atoms with Gasteiger partial charge in [0.1, 0.15) is 5.54 Å². The number of amides is 2. The molecule has 4 atom stereocenters. The summed E-state index contributed by atoms with van der Waals surface area (Å²) in [6, 6.07) is 14.5. The van der Waals surface area contributed by atoms with Gasteiger partial charge in [0.15, 0.2) is 5.78 Å². The van der Waals surface area contributed by atoms with Gasteiger partial charge in [-0.25, -0.2) is 0 Å². The quantitative estimate of drug-likeness (QED) is 0.179. The number of nitrogen functional groups attached to an aromatic ring is 1. The van der Waals surface area contributed by atoms with Crippen LogP contribution in [0.15, 0.2) is 73.4 Å². The van der Waals surface area contributed by atoms with Gasteiger partial charge in [-0.05, 0) is 35.4 Å². The first kappa shape index (κ1) is 26.8. The Hall–Kier alpha value is -4.42. The third kappa shape index (κ3) is 4.13. The maximum absolute atomic E-state index is 14.1. The summed E-state index contributed by atoms with van der Waals surface area (Å²) in [5.41, 5.74) is 21.6. The second-order valence-electron chi connectivity index (χ2n) is 10.3. The largest absolute Gasteiger partial charge is 0.398 e. The zero-order chi connectivity index (χ0) is 29.1. The lowest BCUT2D eigenvalue weighted by Gasteiger charge is -2.36. The van der Waals surface area contributed by atoms with Gasteiger partial charge in [0, 0.05) is 41.5 Å². The number of pyridine rings is 1. The molecule has 2 amide bonds. The van der Waals surface area contributed by atoms with E-state index in [2.05, 4.69) is 16.9 Å². The minimum atomic E-state index is -1.62. The normalized spacial score (nSPS) is 23.5. The van der Waals surface area contributed by atoms with Gasteiger partial charge in [-0.3, -0.25) is 19.4 Å². The van der Waals surface area contributed by atoms with Crippen molar-refractivity contribution in [3.05, 3.63) is 95.0 Å². The van der Waals surface area contributed by atoms with E-state index >= 15 is 0 Å². The van der Waals surface area contributed by atoms with Crippen molar-refractivity contribution < 1.29 is 19.5 Å². The van der Waals surface area contributed by atoms with E-state index in [0.29, 0.717) is 38.2 Å². The van der Waals surface area contributed by atoms with Crippen molar-refractivity contribution >= 4 is 44.7 Å². The van der Waals surface area contributed by atoms with Gasteiger partial charge in [0.2, 0.25) is 5.91 Å². The Morgan fingerprint density at radius 1 is 1.17 bits per heavy atom. The Morgan fingerprint density at radius 2 is 1.93 bits per heavy atom. The molecule has 2 aromatic carbocycles. The fourth-order valence-corrected chi connectivity index (χ4v) is 6.96. The van der Waals surface area contributed by atoms with Crippen LogP contribution >= 0.6 is 11.3 Å². The van der Waals surface area contributed by atoms with Gasteiger partial charge >= 0.3 is 0 Å². The average molecular weight is 569 g/mol. The predicted octanol–water partition coefficient (Wildman–Crippen LogP) is 1.82. The fraction of sp³-hybridized carbons (Fsp3) is 0.200. The Kier molecular flexibility index (Phi) is 6.46. The molecule has 2 aromatic heterocycles. The van der Waals surface area contributed by atoms with Crippen LogP contribution in [0.5, 0.6) is 0 Å². The molecule has 0 saturated carbocycles. The zero-order valence-corrected chi connectivity index (χ0v) is 22.7. The summed E-state index contributed by atoms with van der Waals surface area (Å²) in [5.74, 6) is -1.34. The minimum absolute atomic E-state index is 0.0662. The van der Waals surface area contributed by atoms with Crippen LogP contribution in [-0.2, 0) is 15.1 Å². The van der Waals surface area contributed by atoms with E-state index in [1.165, 1.54) is 4.90 Å². The summed E-state index contributed by atoms with van der Waals surface area (Å²) in [5, 5.41) is 13.9. The first-order valence-corrected chi connectivity index (χ1v) is 13.8. The number of β-amino-alcohol motifs (C(OH)–C–C–N with tert-alkyl or cyclic N) is 1. The highest BCUT2D eigenvalue weighted by atomic mass is 32.1. The number of aromatic nitrogens is 1. The second-order valence-corrected chi connectivity index (χ2v) is 11.3. The molecular weight excluding hydrogens is 540 g/mol. The number of benzene rings is 2. The molecule has 2 unspecified atom stereocenters. The number of Topliss-reactive ketones (excluding diaryl/α,β-unsaturated/α-hetero) is 1. The van der Waals surface area contributed by atoms with E-state index in [1.54, 1.807) is 30.5 Å². The van der Waals surface area contributed by atoms with Gasteiger partial charge in [-0.2, -0.15) is 0 Å². The second kappa shape index (κ2) is 9.89. The van der Waals surface area contributed by atoms with Gasteiger partial charge in [-0.1, -0.05) is 43.0 Å². The number of carbonyl (C=O) groups excluding carboxylic acids is 3. The Balaban J connectivity index is 1.44. The van der Waals surface area contributed by atoms with E-state index in [4.69, 9.17) is 17.2 Å². The van der Waals surface area contributed by atoms with Crippen LogP contribution in [0.3, 0.4) is 0 Å². The monoisotopic (exact) mass is 568 g/mol. The molecule has 0 spiro atoms. The highest BCUT2D eigenvalue weighted by Gasteiger charge is 2.49. The van der Waals surface area contributed by atoms with Gasteiger partial charge < -0.3 is 32.5 Å². The van der Waals surface area contributed by atoms with Gasteiger partial charge in [0.25, 0.3) is 5.91 Å². The Morgan fingerprint density at radius 3 is 2.66 bits per heavy atom. The van der Waals surface area contributed by atoms with E-state index < -0.39 is 35.4 Å². The number of aliphatic hydroxyl groups excluding tert-OH is 1. The summed E-state index contributed by atoms with van der Waals surface area (Å²) in [7, 11) is 0. The number of thiophene rings is 1. The van der Waals surface area contributed by atoms with Crippen molar-refractivity contribution in [3.8, 4) is 11.3 Å². The molecule has 3 heterocycles. The molecule has 11 heteroatoms. The van der Waals surface area contributed by atoms with Crippen LogP contribution in [0, 0.1) is 0 Å². The summed E-state index contributed by atoms with van der Waals surface area (Å²) in [6.45, 7) is 3.66. The highest BCUT2D eigenvalue weighted by molar-refractivity contribution is 7.21. The van der Waals surface area contributed by atoms with Crippen LogP contribution in [0.1, 0.15) is 32.4 Å². The number of nitrogens with one attached hydrogen (secondary N) is 1. The lowest BCUT2D eigenvalue weighted by molar-refractivity contribution is -0.125. The van der Waals surface area contributed by atoms with Crippen LogP contribution < -0.4 is 22.5 Å². The molecule has 1 aliphatic carbocycles. The van der Waals surface area contributed by atoms with E-state index in [1.807, 2.05) is 30.3 Å². The fourth-order valence-electron chi connectivity index (χ4n) is 5.76. The third-order valence-corrected chi connectivity index (χ3v) is 9.15. The number of ketones is 1. The number of hydrogen-bond donors (Lipinski definition) is 5. The topological polar surface area (TPSA) is 178 Å². The van der Waals surface area contributed by atoms with Crippen LogP contribution in [0.2, 0.25) is 0 Å². The molecule has 0 bridgehead atoms. The minimum Gasteiger partial charge on any atom is -0.398 e. The van der Waals surface area contributed by atoms with E-state index in [-0.39, 0.29) is 23.9 Å². The lowest BCUT2D eigenvalue weighted by Crippen LogP contribution is -2.52. The number of nitrogens with zero attached hydrogens (tertiary/aromatic N) is 2. The molecule has 8 N–H and O–H groups in total. The molecule has 10 nitrogen and oxygen atoms in total. The molecule has 208 valence electrons.